The molecule has 4 aromatic rings. The van der Waals surface area contributed by atoms with Crippen molar-refractivity contribution in [3.63, 3.8) is 0 Å². The van der Waals surface area contributed by atoms with Crippen molar-refractivity contribution in [2.24, 2.45) is 22.7 Å². The Bertz CT molecular complexity index is 1190. The lowest BCUT2D eigenvalue weighted by molar-refractivity contribution is 0.0259. The van der Waals surface area contributed by atoms with Crippen molar-refractivity contribution in [2.45, 2.75) is 79.5 Å². The minimum atomic E-state index is -0.645. The molecule has 0 heterocycles. The first-order chi connectivity index (χ1) is 19.7. The molecule has 0 saturated carbocycles. The van der Waals surface area contributed by atoms with E-state index in [0.29, 0.717) is 11.8 Å². The largest absolute Gasteiger partial charge is 0.0622 e. The Hall–Kier alpha value is -2.26. The summed E-state index contributed by atoms with van der Waals surface area (Å²) in [7, 11) is -1.29. The third kappa shape index (κ3) is 6.93. The molecule has 0 aromatic heterocycles. The van der Waals surface area contributed by atoms with Gasteiger partial charge in [-0.3, -0.25) is 0 Å². The van der Waals surface area contributed by atoms with Gasteiger partial charge in [-0.25, -0.2) is 0 Å². The second-order valence-corrected chi connectivity index (χ2v) is 20.7. The van der Waals surface area contributed by atoms with Crippen molar-refractivity contribution in [1.82, 2.24) is 0 Å². The van der Waals surface area contributed by atoms with E-state index in [2.05, 4.69) is 191 Å². The summed E-state index contributed by atoms with van der Waals surface area (Å²) < 4.78 is 0. The molecule has 0 unspecified atom stereocenters. The lowest BCUT2D eigenvalue weighted by Crippen LogP contribution is -2.56. The highest BCUT2D eigenvalue weighted by Gasteiger charge is 2.56. The first kappa shape index (κ1) is 32.6. The van der Waals surface area contributed by atoms with E-state index < -0.39 is 15.8 Å². The molecule has 4 rings (SSSR count). The molecule has 0 aliphatic heterocycles. The highest BCUT2D eigenvalue weighted by molar-refractivity contribution is 7.75. The Morgan fingerprint density at radius 1 is 0.333 bits per heavy atom. The molecule has 0 nitrogen and oxygen atoms in total. The van der Waals surface area contributed by atoms with E-state index in [1.165, 1.54) is 21.2 Å². The van der Waals surface area contributed by atoms with E-state index in [9.17, 15) is 0 Å². The fraction of sp³-hybridized carbons (Fsp3) is 0.400. The zero-order chi connectivity index (χ0) is 30.8. The van der Waals surface area contributed by atoms with Crippen molar-refractivity contribution in [3.8, 4) is 0 Å². The van der Waals surface area contributed by atoms with Gasteiger partial charge in [0.15, 0.2) is 0 Å². The lowest BCUT2D eigenvalue weighted by atomic mass is 9.56. The van der Waals surface area contributed by atoms with E-state index in [1.54, 1.807) is 0 Å². The second-order valence-electron chi connectivity index (χ2n) is 15.0. The number of benzene rings is 4. The molecule has 42 heavy (non-hydrogen) atoms. The maximum absolute atomic E-state index is 2.59. The van der Waals surface area contributed by atoms with E-state index in [0.717, 1.165) is 0 Å². The average molecular weight is 595 g/mol. The van der Waals surface area contributed by atoms with E-state index in [1.807, 2.05) is 0 Å². The zero-order valence-corrected chi connectivity index (χ0v) is 29.4. The smallest absolute Gasteiger partial charge is 0.00345 e. The van der Waals surface area contributed by atoms with Crippen LogP contribution in [0.4, 0.5) is 0 Å². The van der Waals surface area contributed by atoms with Crippen molar-refractivity contribution in [3.05, 3.63) is 121 Å². The number of rotatable bonds is 9. The van der Waals surface area contributed by atoms with Gasteiger partial charge in [-0.05, 0) is 70.0 Å². The molecule has 0 radical (unpaired) electrons. The molecule has 0 fully saturated rings. The Morgan fingerprint density at radius 2 is 0.524 bits per heavy atom. The van der Waals surface area contributed by atoms with Gasteiger partial charge >= 0.3 is 0 Å². The Labute approximate surface area is 259 Å². The third-order valence-electron chi connectivity index (χ3n) is 8.93. The van der Waals surface area contributed by atoms with Crippen LogP contribution in [-0.2, 0) is 0 Å². The summed E-state index contributed by atoms with van der Waals surface area (Å²) in [5, 5.41) is 5.90. The molecule has 0 aliphatic rings. The summed E-state index contributed by atoms with van der Waals surface area (Å²) in [5.41, 5.74) is 0.161. The molecule has 0 saturated heterocycles. The van der Waals surface area contributed by atoms with Gasteiger partial charge in [0.2, 0.25) is 0 Å². The van der Waals surface area contributed by atoms with Gasteiger partial charge in [-0.2, -0.15) is 0 Å². The lowest BCUT2D eigenvalue weighted by Gasteiger charge is -2.60. The Balaban J connectivity index is 2.00. The first-order valence-corrected chi connectivity index (χ1v) is 18.2. The van der Waals surface area contributed by atoms with E-state index >= 15 is 0 Å². The molecule has 2 heteroatoms. The summed E-state index contributed by atoms with van der Waals surface area (Å²) >= 11 is 0. The van der Waals surface area contributed by atoms with Crippen LogP contribution in [0, 0.1) is 22.7 Å². The number of hydrogen-bond acceptors (Lipinski definition) is 0. The van der Waals surface area contributed by atoms with Crippen LogP contribution in [0.2, 0.25) is 0 Å². The summed E-state index contributed by atoms with van der Waals surface area (Å²) in [6, 6.07) is 45.4. The SMILES string of the molecule is CC(C)(C)[C@@H]([C@H](C(C)(C)C)C(C)(C)P(c1ccccc1)c1ccccc1)C(C)(C)P(c1ccccc1)c1ccccc1. The van der Waals surface area contributed by atoms with Crippen LogP contribution in [-0.4, -0.2) is 10.3 Å². The molecule has 4 aromatic carbocycles. The molecule has 0 amide bonds. The normalized spacial score (nSPS) is 14.7. The predicted molar refractivity (Wildman–Crippen MR) is 192 cm³/mol. The minimum absolute atomic E-state index is 0.0138. The van der Waals surface area contributed by atoms with Gasteiger partial charge in [0.1, 0.15) is 0 Å². The fourth-order valence-corrected chi connectivity index (χ4v) is 14.9. The highest BCUT2D eigenvalue weighted by Crippen LogP contribution is 2.66. The van der Waals surface area contributed by atoms with Crippen LogP contribution in [0.25, 0.3) is 0 Å². The fourth-order valence-electron chi connectivity index (χ4n) is 8.15. The average Bonchev–Trinajstić information content (AvgIpc) is 2.92. The van der Waals surface area contributed by atoms with Gasteiger partial charge in [0, 0.05) is 0 Å². The monoisotopic (exact) mass is 594 g/mol. The molecule has 0 spiro atoms. The molecule has 2 atom stereocenters. The molecule has 222 valence electrons. The van der Waals surface area contributed by atoms with Crippen LogP contribution < -0.4 is 21.2 Å². The summed E-state index contributed by atoms with van der Waals surface area (Å²) in [5.74, 6) is 0.868. The van der Waals surface area contributed by atoms with Crippen LogP contribution in [0.15, 0.2) is 121 Å². The molecule has 0 N–H and O–H groups in total. The summed E-state index contributed by atoms with van der Waals surface area (Å²) in [6.45, 7) is 25.4. The van der Waals surface area contributed by atoms with Gasteiger partial charge in [0.25, 0.3) is 0 Å². The van der Waals surface area contributed by atoms with Crippen molar-refractivity contribution in [2.75, 3.05) is 0 Å². The first-order valence-electron chi connectivity index (χ1n) is 15.5. The standard InChI is InChI=1S/C40H52P2/c1-37(2,3)35(39(7,8)41(31-23-15-11-16-24-31)32-25-17-12-18-26-32)36(38(4,5)6)40(9,10)42(33-27-19-13-20-28-33)34-29-21-14-22-30-34/h11-30,35-36H,1-10H3/t35-,36-/m1/s1. The highest BCUT2D eigenvalue weighted by atomic mass is 31.1. The van der Waals surface area contributed by atoms with Gasteiger partial charge in [-0.1, -0.05) is 191 Å². The van der Waals surface area contributed by atoms with Crippen molar-refractivity contribution < 1.29 is 0 Å². The van der Waals surface area contributed by atoms with Gasteiger partial charge in [-0.15, -0.1) is 0 Å². The molecular weight excluding hydrogens is 542 g/mol. The third-order valence-corrected chi connectivity index (χ3v) is 15.1. The summed E-state index contributed by atoms with van der Waals surface area (Å²) in [6.07, 6.45) is 0. The van der Waals surface area contributed by atoms with Crippen LogP contribution in [0.1, 0.15) is 69.2 Å². The second kappa shape index (κ2) is 12.8. The number of hydrogen-bond donors (Lipinski definition) is 0. The quantitative estimate of drug-likeness (QED) is 0.169. The van der Waals surface area contributed by atoms with Crippen LogP contribution >= 0.6 is 15.8 Å². The molecule has 0 aliphatic carbocycles. The molecule has 0 bridgehead atoms. The predicted octanol–water partition coefficient (Wildman–Crippen LogP) is 10.1. The minimum Gasteiger partial charge on any atom is -0.0622 e. The van der Waals surface area contributed by atoms with Crippen LogP contribution in [0.5, 0.6) is 0 Å². The van der Waals surface area contributed by atoms with E-state index in [4.69, 9.17) is 0 Å². The summed E-state index contributed by atoms with van der Waals surface area (Å²) in [4.78, 5) is 0. The van der Waals surface area contributed by atoms with Crippen LogP contribution in [0.3, 0.4) is 0 Å². The van der Waals surface area contributed by atoms with Gasteiger partial charge in [0.05, 0.1) is 0 Å². The molecular formula is C40H52P2. The zero-order valence-electron chi connectivity index (χ0n) is 27.6. The Kier molecular flexibility index (Phi) is 9.93. The Morgan fingerprint density at radius 3 is 0.690 bits per heavy atom. The van der Waals surface area contributed by atoms with Gasteiger partial charge < -0.3 is 0 Å². The van der Waals surface area contributed by atoms with E-state index in [-0.39, 0.29) is 21.1 Å². The van der Waals surface area contributed by atoms with Crippen molar-refractivity contribution >= 4 is 37.1 Å². The maximum atomic E-state index is 2.59. The maximum Gasteiger partial charge on any atom is -0.00345 e. The topological polar surface area (TPSA) is 0 Å². The van der Waals surface area contributed by atoms with Crippen molar-refractivity contribution in [1.29, 1.82) is 0 Å².